The summed E-state index contributed by atoms with van der Waals surface area (Å²) in [5, 5.41) is 17.9. The molecule has 0 aliphatic carbocycles. The first-order chi connectivity index (χ1) is 8.81. The largest absolute Gasteiger partial charge is 0.477 e. The monoisotopic (exact) mass is 290 g/mol. The van der Waals surface area contributed by atoms with E-state index in [4.69, 9.17) is 10.2 Å². The van der Waals surface area contributed by atoms with Crippen molar-refractivity contribution in [1.82, 2.24) is 9.29 Å². The van der Waals surface area contributed by atoms with Crippen molar-refractivity contribution in [3.8, 4) is 0 Å². The van der Waals surface area contributed by atoms with Crippen LogP contribution in [0.1, 0.15) is 30.8 Å². The van der Waals surface area contributed by atoms with E-state index in [1.54, 1.807) is 0 Å². The Morgan fingerprint density at radius 3 is 2.63 bits per heavy atom. The third-order valence-corrected chi connectivity index (χ3v) is 4.05. The number of carboxylic acid groups (broad SMARTS) is 1. The zero-order valence-electron chi connectivity index (χ0n) is 10.8. The molecule has 0 saturated heterocycles. The number of aromatic carboxylic acids is 1. The highest BCUT2D eigenvalue weighted by Crippen LogP contribution is 2.15. The SMILES string of the molecule is CCCn1cc(S(=O)(=O)NC(C)CO)cc1C(=O)O. The Hall–Kier alpha value is -1.38. The van der Waals surface area contributed by atoms with Gasteiger partial charge in [0, 0.05) is 18.8 Å². The van der Waals surface area contributed by atoms with Gasteiger partial charge in [-0.2, -0.15) is 0 Å². The van der Waals surface area contributed by atoms with Crippen molar-refractivity contribution in [2.75, 3.05) is 6.61 Å². The van der Waals surface area contributed by atoms with Crippen molar-refractivity contribution in [2.45, 2.75) is 37.8 Å². The second-order valence-corrected chi connectivity index (χ2v) is 5.98. The molecule has 1 rings (SSSR count). The van der Waals surface area contributed by atoms with Crippen LogP contribution in [0, 0.1) is 0 Å². The molecule has 0 radical (unpaired) electrons. The topological polar surface area (TPSA) is 109 Å². The van der Waals surface area contributed by atoms with Crippen LogP contribution < -0.4 is 4.72 Å². The predicted octanol–water partition coefficient (Wildman–Crippen LogP) is 0.255. The van der Waals surface area contributed by atoms with Crippen LogP contribution >= 0.6 is 0 Å². The van der Waals surface area contributed by atoms with Gasteiger partial charge in [0.2, 0.25) is 10.0 Å². The van der Waals surface area contributed by atoms with Crippen molar-refractivity contribution in [3.63, 3.8) is 0 Å². The minimum atomic E-state index is -3.82. The number of rotatable bonds is 7. The molecule has 0 spiro atoms. The van der Waals surface area contributed by atoms with Gasteiger partial charge in [0.05, 0.1) is 6.61 Å². The van der Waals surface area contributed by atoms with Crippen LogP contribution in [-0.4, -0.2) is 41.8 Å². The molecule has 1 unspecified atom stereocenters. The lowest BCUT2D eigenvalue weighted by Crippen LogP contribution is -2.34. The molecule has 0 amide bonds. The van der Waals surface area contributed by atoms with E-state index in [1.807, 2.05) is 6.92 Å². The van der Waals surface area contributed by atoms with Gasteiger partial charge in [0.1, 0.15) is 10.6 Å². The second kappa shape index (κ2) is 6.18. The minimum Gasteiger partial charge on any atom is -0.477 e. The van der Waals surface area contributed by atoms with Gasteiger partial charge in [0.25, 0.3) is 0 Å². The first kappa shape index (κ1) is 15.7. The lowest BCUT2D eigenvalue weighted by Gasteiger charge is -2.09. The molecule has 1 aromatic rings. The summed E-state index contributed by atoms with van der Waals surface area (Å²) >= 11 is 0. The Kier molecular flexibility index (Phi) is 5.10. The van der Waals surface area contributed by atoms with Gasteiger partial charge >= 0.3 is 5.97 Å². The van der Waals surface area contributed by atoms with Crippen LogP contribution in [-0.2, 0) is 16.6 Å². The highest BCUT2D eigenvalue weighted by molar-refractivity contribution is 7.89. The van der Waals surface area contributed by atoms with Crippen molar-refractivity contribution < 1.29 is 23.4 Å². The van der Waals surface area contributed by atoms with Gasteiger partial charge in [-0.25, -0.2) is 17.9 Å². The summed E-state index contributed by atoms with van der Waals surface area (Å²) in [5.74, 6) is -1.18. The first-order valence-electron chi connectivity index (χ1n) is 5.88. The maximum Gasteiger partial charge on any atom is 0.352 e. The summed E-state index contributed by atoms with van der Waals surface area (Å²) in [4.78, 5) is 10.9. The van der Waals surface area contributed by atoms with Crippen LogP contribution in [0.5, 0.6) is 0 Å². The summed E-state index contributed by atoms with van der Waals surface area (Å²) < 4.78 is 27.6. The lowest BCUT2D eigenvalue weighted by molar-refractivity contribution is 0.0685. The maximum absolute atomic E-state index is 12.0. The van der Waals surface area contributed by atoms with Gasteiger partial charge in [-0.3, -0.25) is 0 Å². The van der Waals surface area contributed by atoms with Gasteiger partial charge in [-0.1, -0.05) is 6.92 Å². The van der Waals surface area contributed by atoms with E-state index in [0.717, 1.165) is 6.07 Å². The van der Waals surface area contributed by atoms with E-state index in [1.165, 1.54) is 17.7 Å². The van der Waals surface area contributed by atoms with E-state index < -0.39 is 22.0 Å². The Labute approximate surface area is 111 Å². The zero-order valence-corrected chi connectivity index (χ0v) is 11.6. The average Bonchev–Trinajstić information content (AvgIpc) is 2.74. The quantitative estimate of drug-likeness (QED) is 0.667. The number of nitrogens with one attached hydrogen (secondary N) is 1. The molecule has 0 aromatic carbocycles. The Bertz CT molecular complexity index is 549. The Morgan fingerprint density at radius 2 is 2.16 bits per heavy atom. The zero-order chi connectivity index (χ0) is 14.6. The molecule has 3 N–H and O–H groups in total. The molecule has 19 heavy (non-hydrogen) atoms. The average molecular weight is 290 g/mol. The number of hydrogen-bond acceptors (Lipinski definition) is 4. The summed E-state index contributed by atoms with van der Waals surface area (Å²) in [6.45, 7) is 3.47. The minimum absolute atomic E-state index is 0.0705. The van der Waals surface area contributed by atoms with Crippen LogP contribution in [0.2, 0.25) is 0 Å². The number of aryl methyl sites for hydroxylation is 1. The molecule has 1 atom stereocenters. The van der Waals surface area contributed by atoms with E-state index in [9.17, 15) is 13.2 Å². The molecule has 1 heterocycles. The molecule has 0 bridgehead atoms. The van der Waals surface area contributed by atoms with Crippen molar-refractivity contribution in [1.29, 1.82) is 0 Å². The number of sulfonamides is 1. The molecule has 108 valence electrons. The van der Waals surface area contributed by atoms with Gasteiger partial charge in [-0.05, 0) is 19.4 Å². The number of carbonyl (C=O) groups is 1. The first-order valence-corrected chi connectivity index (χ1v) is 7.36. The number of nitrogens with zero attached hydrogens (tertiary/aromatic N) is 1. The van der Waals surface area contributed by atoms with Gasteiger partial charge < -0.3 is 14.8 Å². The molecular weight excluding hydrogens is 272 g/mol. The van der Waals surface area contributed by atoms with E-state index in [2.05, 4.69) is 4.72 Å². The number of carboxylic acids is 1. The molecular formula is C11H18N2O5S. The van der Waals surface area contributed by atoms with Crippen molar-refractivity contribution in [3.05, 3.63) is 18.0 Å². The van der Waals surface area contributed by atoms with E-state index in [0.29, 0.717) is 13.0 Å². The number of aliphatic hydroxyl groups excluding tert-OH is 1. The molecule has 0 aliphatic rings. The molecule has 1 aromatic heterocycles. The number of aliphatic hydroxyl groups is 1. The third kappa shape index (κ3) is 3.79. The molecule has 0 aliphatic heterocycles. The fourth-order valence-electron chi connectivity index (χ4n) is 1.61. The highest BCUT2D eigenvalue weighted by atomic mass is 32.2. The van der Waals surface area contributed by atoms with Crippen LogP contribution in [0.4, 0.5) is 0 Å². The Morgan fingerprint density at radius 1 is 1.53 bits per heavy atom. The summed E-state index contributed by atoms with van der Waals surface area (Å²) in [7, 11) is -3.82. The maximum atomic E-state index is 12.0. The van der Waals surface area contributed by atoms with Crippen molar-refractivity contribution in [2.24, 2.45) is 0 Å². The van der Waals surface area contributed by atoms with E-state index in [-0.39, 0.29) is 17.2 Å². The number of hydrogen-bond donors (Lipinski definition) is 3. The summed E-state index contributed by atoms with van der Waals surface area (Å²) in [6.07, 6.45) is 1.98. The number of aromatic nitrogens is 1. The van der Waals surface area contributed by atoms with E-state index >= 15 is 0 Å². The second-order valence-electron chi connectivity index (χ2n) is 4.26. The summed E-state index contributed by atoms with van der Waals surface area (Å²) in [5.41, 5.74) is -0.0705. The van der Waals surface area contributed by atoms with Gasteiger partial charge in [0.15, 0.2) is 0 Å². The molecule has 8 heteroatoms. The predicted molar refractivity (Wildman–Crippen MR) is 68.6 cm³/mol. The molecule has 7 nitrogen and oxygen atoms in total. The smallest absolute Gasteiger partial charge is 0.352 e. The van der Waals surface area contributed by atoms with Gasteiger partial charge in [-0.15, -0.1) is 0 Å². The molecule has 0 fully saturated rings. The normalized spacial score (nSPS) is 13.4. The van der Waals surface area contributed by atoms with Crippen molar-refractivity contribution >= 4 is 16.0 Å². The standard InChI is InChI=1S/C11H18N2O5S/c1-3-4-13-6-9(5-10(13)11(15)16)19(17,18)12-8(2)7-14/h5-6,8,12,14H,3-4,7H2,1-2H3,(H,15,16). The third-order valence-electron chi connectivity index (χ3n) is 2.50. The van der Waals surface area contributed by atoms with Crippen LogP contribution in [0.25, 0.3) is 0 Å². The fraction of sp³-hybridized carbons (Fsp3) is 0.545. The fourth-order valence-corrected chi connectivity index (χ4v) is 2.88. The lowest BCUT2D eigenvalue weighted by atomic mass is 10.4. The molecule has 0 saturated carbocycles. The Balaban J connectivity index is 3.14. The summed E-state index contributed by atoms with van der Waals surface area (Å²) in [6, 6.07) is 0.484. The highest BCUT2D eigenvalue weighted by Gasteiger charge is 2.22. The van der Waals surface area contributed by atoms with Crippen LogP contribution in [0.15, 0.2) is 17.2 Å². The van der Waals surface area contributed by atoms with Crippen LogP contribution in [0.3, 0.4) is 0 Å².